The molecule has 2 aromatic carbocycles. The number of hydrogen-bond acceptors (Lipinski definition) is 7. The van der Waals surface area contributed by atoms with Crippen molar-refractivity contribution in [3.8, 4) is 5.75 Å². The highest BCUT2D eigenvalue weighted by Gasteiger charge is 2.19. The van der Waals surface area contributed by atoms with Crippen LogP contribution in [0.5, 0.6) is 5.75 Å². The molecule has 0 radical (unpaired) electrons. The zero-order valence-electron chi connectivity index (χ0n) is 18.1. The first-order valence-electron chi connectivity index (χ1n) is 10.3. The van der Waals surface area contributed by atoms with Gasteiger partial charge in [-0.3, -0.25) is 14.4 Å². The molecule has 0 aliphatic carbocycles. The van der Waals surface area contributed by atoms with E-state index < -0.39 is 23.9 Å². The molecule has 32 heavy (non-hydrogen) atoms. The fraction of sp³-hybridized carbons (Fsp3) is 0.348. The van der Waals surface area contributed by atoms with Gasteiger partial charge in [-0.15, -0.1) is 0 Å². The van der Waals surface area contributed by atoms with Crippen LogP contribution in [0.1, 0.15) is 17.3 Å². The average Bonchev–Trinajstić information content (AvgIpc) is 2.83. The van der Waals surface area contributed by atoms with Crippen molar-refractivity contribution in [3.63, 3.8) is 0 Å². The Bertz CT molecular complexity index is 941. The van der Waals surface area contributed by atoms with Crippen LogP contribution in [-0.4, -0.2) is 63.8 Å². The molecule has 9 nitrogen and oxygen atoms in total. The molecular weight excluding hydrogens is 414 g/mol. The molecule has 0 saturated carbocycles. The summed E-state index contributed by atoms with van der Waals surface area (Å²) in [6, 6.07) is 14.0. The second-order valence-electron chi connectivity index (χ2n) is 7.18. The van der Waals surface area contributed by atoms with Crippen LogP contribution in [0, 0.1) is 0 Å². The van der Waals surface area contributed by atoms with Gasteiger partial charge in [0.25, 0.3) is 11.8 Å². The molecule has 1 aliphatic rings. The van der Waals surface area contributed by atoms with Gasteiger partial charge in [-0.25, -0.2) is 0 Å². The molecule has 1 aliphatic heterocycles. The van der Waals surface area contributed by atoms with Crippen LogP contribution in [0.15, 0.2) is 48.5 Å². The van der Waals surface area contributed by atoms with Crippen molar-refractivity contribution in [2.45, 2.75) is 13.0 Å². The molecule has 0 aromatic heterocycles. The van der Waals surface area contributed by atoms with Crippen LogP contribution in [0.3, 0.4) is 0 Å². The van der Waals surface area contributed by atoms with Crippen LogP contribution < -0.4 is 20.3 Å². The maximum atomic E-state index is 12.3. The minimum atomic E-state index is -1.02. The first kappa shape index (κ1) is 23.1. The zero-order valence-corrected chi connectivity index (χ0v) is 18.1. The Kier molecular flexibility index (Phi) is 8.04. The molecule has 0 spiro atoms. The summed E-state index contributed by atoms with van der Waals surface area (Å²) >= 11 is 0. The molecule has 1 unspecified atom stereocenters. The lowest BCUT2D eigenvalue weighted by molar-refractivity contribution is -0.152. The van der Waals surface area contributed by atoms with Crippen molar-refractivity contribution >= 4 is 29.2 Å². The summed E-state index contributed by atoms with van der Waals surface area (Å²) in [4.78, 5) is 38.7. The van der Waals surface area contributed by atoms with Gasteiger partial charge in [0, 0.05) is 30.0 Å². The number of nitrogens with one attached hydrogen (secondary N) is 2. The first-order chi connectivity index (χ1) is 15.5. The van der Waals surface area contributed by atoms with Crippen LogP contribution in [-0.2, 0) is 19.1 Å². The second-order valence-corrected chi connectivity index (χ2v) is 7.18. The fourth-order valence-electron chi connectivity index (χ4n) is 3.13. The van der Waals surface area contributed by atoms with Crippen molar-refractivity contribution in [2.75, 3.05) is 50.2 Å². The Morgan fingerprint density at radius 1 is 1.09 bits per heavy atom. The van der Waals surface area contributed by atoms with Gasteiger partial charge < -0.3 is 29.7 Å². The predicted octanol–water partition coefficient (Wildman–Crippen LogP) is 1.83. The Hall–Kier alpha value is -3.59. The monoisotopic (exact) mass is 441 g/mol. The largest absolute Gasteiger partial charge is 0.497 e. The number of nitrogens with zero attached hydrogens (tertiary/aromatic N) is 1. The van der Waals surface area contributed by atoms with E-state index in [0.717, 1.165) is 18.8 Å². The smallest absolute Gasteiger partial charge is 0.326 e. The standard InChI is InChI=1S/C23H27N3O6/c1-16(32-21(27)15-24-23(29)17-4-3-5-20(14-17)30-2)22(28)25-18-6-8-19(9-7-18)26-10-12-31-13-11-26/h3-9,14,16H,10-13,15H2,1-2H3,(H,24,29)(H,25,28). The molecule has 2 amide bonds. The van der Waals surface area contributed by atoms with E-state index in [1.54, 1.807) is 36.4 Å². The van der Waals surface area contributed by atoms with Crippen molar-refractivity contribution < 1.29 is 28.6 Å². The Labute approximate surface area is 186 Å². The van der Waals surface area contributed by atoms with E-state index in [9.17, 15) is 14.4 Å². The summed E-state index contributed by atoms with van der Waals surface area (Å²) in [7, 11) is 1.50. The van der Waals surface area contributed by atoms with Gasteiger partial charge in [-0.1, -0.05) is 6.07 Å². The number of benzene rings is 2. The van der Waals surface area contributed by atoms with Gasteiger partial charge in [-0.05, 0) is 49.4 Å². The topological polar surface area (TPSA) is 106 Å². The van der Waals surface area contributed by atoms with E-state index in [0.29, 0.717) is 30.2 Å². The van der Waals surface area contributed by atoms with Crippen LogP contribution >= 0.6 is 0 Å². The minimum Gasteiger partial charge on any atom is -0.497 e. The molecule has 2 aromatic rings. The molecule has 0 bridgehead atoms. The molecule has 9 heteroatoms. The van der Waals surface area contributed by atoms with Crippen LogP contribution in [0.2, 0.25) is 0 Å². The van der Waals surface area contributed by atoms with E-state index in [1.807, 2.05) is 12.1 Å². The summed E-state index contributed by atoms with van der Waals surface area (Å²) in [5.41, 5.74) is 2.00. The summed E-state index contributed by atoms with van der Waals surface area (Å²) in [5, 5.41) is 5.19. The lowest BCUT2D eigenvalue weighted by Gasteiger charge is -2.28. The molecular formula is C23H27N3O6. The third kappa shape index (κ3) is 6.45. The number of amides is 2. The number of esters is 1. The van der Waals surface area contributed by atoms with Gasteiger partial charge >= 0.3 is 5.97 Å². The highest BCUT2D eigenvalue weighted by molar-refractivity contribution is 5.97. The van der Waals surface area contributed by atoms with E-state index in [-0.39, 0.29) is 6.54 Å². The maximum Gasteiger partial charge on any atom is 0.326 e. The highest BCUT2D eigenvalue weighted by atomic mass is 16.5. The summed E-state index contributed by atoms with van der Waals surface area (Å²) in [5.74, 6) is -1.09. The van der Waals surface area contributed by atoms with Crippen molar-refractivity contribution in [1.29, 1.82) is 0 Å². The normalized spacial score (nSPS) is 14.2. The number of morpholine rings is 1. The van der Waals surface area contributed by atoms with Crippen LogP contribution in [0.4, 0.5) is 11.4 Å². The molecule has 170 valence electrons. The quantitative estimate of drug-likeness (QED) is 0.602. The first-order valence-corrected chi connectivity index (χ1v) is 10.3. The molecule has 3 rings (SSSR count). The number of anilines is 2. The lowest BCUT2D eigenvalue weighted by atomic mass is 10.2. The van der Waals surface area contributed by atoms with E-state index >= 15 is 0 Å². The second kappa shape index (κ2) is 11.1. The van der Waals surface area contributed by atoms with E-state index in [1.165, 1.54) is 14.0 Å². The van der Waals surface area contributed by atoms with Crippen molar-refractivity contribution in [3.05, 3.63) is 54.1 Å². The predicted molar refractivity (Wildman–Crippen MR) is 119 cm³/mol. The number of ether oxygens (including phenoxy) is 3. The molecule has 2 N–H and O–H groups in total. The van der Waals surface area contributed by atoms with Gasteiger partial charge in [0.2, 0.25) is 0 Å². The number of carbonyl (C=O) groups is 3. The summed E-state index contributed by atoms with van der Waals surface area (Å²) in [6.45, 7) is 4.16. The number of hydrogen-bond donors (Lipinski definition) is 2. The third-order valence-electron chi connectivity index (χ3n) is 4.91. The number of methoxy groups -OCH3 is 1. The zero-order chi connectivity index (χ0) is 22.9. The summed E-state index contributed by atoms with van der Waals surface area (Å²) < 4.78 is 15.5. The van der Waals surface area contributed by atoms with Crippen molar-refractivity contribution in [2.24, 2.45) is 0 Å². The molecule has 1 atom stereocenters. The maximum absolute atomic E-state index is 12.3. The Morgan fingerprint density at radius 3 is 2.50 bits per heavy atom. The molecule has 1 saturated heterocycles. The average molecular weight is 441 g/mol. The van der Waals surface area contributed by atoms with Gasteiger partial charge in [0.05, 0.1) is 20.3 Å². The molecule has 1 heterocycles. The Morgan fingerprint density at radius 2 is 1.81 bits per heavy atom. The van der Waals surface area contributed by atoms with E-state index in [4.69, 9.17) is 14.2 Å². The SMILES string of the molecule is COc1cccc(C(=O)NCC(=O)OC(C)C(=O)Nc2ccc(N3CCOCC3)cc2)c1. The van der Waals surface area contributed by atoms with Gasteiger partial charge in [0.15, 0.2) is 6.10 Å². The van der Waals surface area contributed by atoms with Gasteiger partial charge in [-0.2, -0.15) is 0 Å². The Balaban J connectivity index is 1.44. The number of rotatable bonds is 8. The fourth-order valence-corrected chi connectivity index (χ4v) is 3.13. The third-order valence-corrected chi connectivity index (χ3v) is 4.91. The van der Waals surface area contributed by atoms with Crippen molar-refractivity contribution in [1.82, 2.24) is 5.32 Å². The van der Waals surface area contributed by atoms with E-state index in [2.05, 4.69) is 15.5 Å². The number of carbonyl (C=O) groups excluding carboxylic acids is 3. The van der Waals surface area contributed by atoms with Crippen LogP contribution in [0.25, 0.3) is 0 Å². The van der Waals surface area contributed by atoms with Gasteiger partial charge in [0.1, 0.15) is 12.3 Å². The molecule has 1 fully saturated rings. The lowest BCUT2D eigenvalue weighted by Crippen LogP contribution is -2.36. The highest BCUT2D eigenvalue weighted by Crippen LogP contribution is 2.19. The summed E-state index contributed by atoms with van der Waals surface area (Å²) in [6.07, 6.45) is -1.02. The minimum absolute atomic E-state index is 0.350.